The van der Waals surface area contributed by atoms with Crippen molar-refractivity contribution in [1.29, 1.82) is 0 Å². The van der Waals surface area contributed by atoms with Gasteiger partial charge in [-0.05, 0) is 36.6 Å². The van der Waals surface area contributed by atoms with E-state index in [1.165, 1.54) is 17.7 Å². The monoisotopic (exact) mass is 327 g/mol. The van der Waals surface area contributed by atoms with Gasteiger partial charge in [-0.2, -0.15) is 5.10 Å². The average Bonchev–Trinajstić information content (AvgIpc) is 2.88. The van der Waals surface area contributed by atoms with Crippen LogP contribution in [0.3, 0.4) is 0 Å². The Morgan fingerprint density at radius 3 is 2.67 bits per heavy atom. The number of ether oxygens (including phenoxy) is 1. The molecule has 24 heavy (non-hydrogen) atoms. The van der Waals surface area contributed by atoms with Crippen LogP contribution in [0.25, 0.3) is 0 Å². The molecule has 1 fully saturated rings. The first-order valence-corrected chi connectivity index (χ1v) is 8.16. The first-order chi connectivity index (χ1) is 11.7. The van der Waals surface area contributed by atoms with Crippen LogP contribution in [0.1, 0.15) is 41.2 Å². The molecule has 1 saturated heterocycles. The molecule has 2 heterocycles. The number of nitrogens with zero attached hydrogens (tertiary/aromatic N) is 2. The summed E-state index contributed by atoms with van der Waals surface area (Å²) in [6.45, 7) is 1.37. The summed E-state index contributed by atoms with van der Waals surface area (Å²) in [7, 11) is 1.65. The number of aromatic nitrogens is 2. The van der Waals surface area contributed by atoms with Gasteiger partial charge in [-0.25, -0.2) is 5.10 Å². The predicted octanol–water partition coefficient (Wildman–Crippen LogP) is 2.19. The van der Waals surface area contributed by atoms with Gasteiger partial charge in [0.1, 0.15) is 11.4 Å². The van der Waals surface area contributed by atoms with Gasteiger partial charge in [0.15, 0.2) is 0 Å². The molecule has 1 N–H and O–H groups in total. The van der Waals surface area contributed by atoms with Crippen LogP contribution in [-0.4, -0.2) is 41.2 Å². The van der Waals surface area contributed by atoms with E-state index in [0.29, 0.717) is 19.0 Å². The molecule has 126 valence electrons. The van der Waals surface area contributed by atoms with Crippen LogP contribution in [-0.2, 0) is 0 Å². The van der Waals surface area contributed by atoms with Crippen molar-refractivity contribution in [3.63, 3.8) is 0 Å². The van der Waals surface area contributed by atoms with Gasteiger partial charge in [0.25, 0.3) is 11.5 Å². The third-order valence-corrected chi connectivity index (χ3v) is 4.44. The Kier molecular flexibility index (Phi) is 4.93. The number of rotatable bonds is 3. The SMILES string of the molecule is COc1ccc([C@H]2CCCCN(C(=O)c3ccc(=O)[nH]n3)C2)cc1. The largest absolute Gasteiger partial charge is 0.497 e. The molecule has 3 rings (SSSR count). The Bertz CT molecular complexity index is 734. The van der Waals surface area contributed by atoms with Crippen molar-refractivity contribution in [2.24, 2.45) is 0 Å². The molecule has 6 heteroatoms. The number of H-pyrrole nitrogens is 1. The van der Waals surface area contributed by atoms with E-state index in [1.54, 1.807) is 7.11 Å². The summed E-state index contributed by atoms with van der Waals surface area (Å²) < 4.78 is 5.21. The minimum atomic E-state index is -0.307. The first kappa shape index (κ1) is 16.2. The molecule has 0 aliphatic carbocycles. The van der Waals surface area contributed by atoms with Gasteiger partial charge in [-0.1, -0.05) is 18.6 Å². The zero-order valence-corrected chi connectivity index (χ0v) is 13.7. The number of carbonyl (C=O) groups is 1. The number of aromatic amines is 1. The quantitative estimate of drug-likeness (QED) is 0.937. The van der Waals surface area contributed by atoms with E-state index in [2.05, 4.69) is 22.3 Å². The molecule has 6 nitrogen and oxygen atoms in total. The van der Waals surface area contributed by atoms with Gasteiger partial charge < -0.3 is 9.64 Å². The fourth-order valence-electron chi connectivity index (χ4n) is 3.10. The van der Waals surface area contributed by atoms with E-state index in [1.807, 2.05) is 17.0 Å². The maximum absolute atomic E-state index is 12.7. The summed E-state index contributed by atoms with van der Waals surface area (Å²) in [4.78, 5) is 25.6. The second-order valence-corrected chi connectivity index (χ2v) is 6.02. The summed E-state index contributed by atoms with van der Waals surface area (Å²) in [6.07, 6.45) is 3.11. The lowest BCUT2D eigenvalue weighted by molar-refractivity contribution is 0.0747. The molecule has 0 bridgehead atoms. The van der Waals surface area contributed by atoms with Crippen molar-refractivity contribution >= 4 is 5.91 Å². The third kappa shape index (κ3) is 3.64. The van der Waals surface area contributed by atoms with Crippen molar-refractivity contribution < 1.29 is 9.53 Å². The van der Waals surface area contributed by atoms with E-state index in [0.717, 1.165) is 25.0 Å². The molecule has 0 spiro atoms. The van der Waals surface area contributed by atoms with Crippen LogP contribution in [0, 0.1) is 0 Å². The highest BCUT2D eigenvalue weighted by Crippen LogP contribution is 2.28. The van der Waals surface area contributed by atoms with Crippen LogP contribution in [0.5, 0.6) is 5.75 Å². The molecule has 1 atom stereocenters. The van der Waals surface area contributed by atoms with E-state index < -0.39 is 0 Å². The molecular formula is C18H21N3O3. The van der Waals surface area contributed by atoms with Crippen LogP contribution < -0.4 is 10.3 Å². The van der Waals surface area contributed by atoms with Gasteiger partial charge in [-0.15, -0.1) is 0 Å². The van der Waals surface area contributed by atoms with Gasteiger partial charge in [0.2, 0.25) is 0 Å². The molecule has 1 aromatic heterocycles. The van der Waals surface area contributed by atoms with Crippen molar-refractivity contribution in [3.8, 4) is 5.75 Å². The Morgan fingerprint density at radius 1 is 1.21 bits per heavy atom. The zero-order chi connectivity index (χ0) is 16.9. The number of carbonyl (C=O) groups excluding carboxylic acids is 1. The zero-order valence-electron chi connectivity index (χ0n) is 13.7. The number of nitrogens with one attached hydrogen (secondary N) is 1. The Morgan fingerprint density at radius 2 is 2.00 bits per heavy atom. The topological polar surface area (TPSA) is 75.3 Å². The van der Waals surface area contributed by atoms with Gasteiger partial charge >= 0.3 is 0 Å². The van der Waals surface area contributed by atoms with E-state index in [4.69, 9.17) is 4.74 Å². The maximum atomic E-state index is 12.7. The molecule has 0 saturated carbocycles. The molecular weight excluding hydrogens is 306 g/mol. The van der Waals surface area contributed by atoms with Crippen LogP contribution in [0.2, 0.25) is 0 Å². The van der Waals surface area contributed by atoms with Gasteiger partial charge in [-0.3, -0.25) is 9.59 Å². The number of methoxy groups -OCH3 is 1. The molecule has 0 radical (unpaired) electrons. The normalized spacial score (nSPS) is 18.0. The number of hydrogen-bond donors (Lipinski definition) is 1. The summed E-state index contributed by atoms with van der Waals surface area (Å²) in [5.41, 5.74) is 1.19. The Labute approximate surface area is 140 Å². The molecule has 1 aromatic carbocycles. The number of benzene rings is 1. The summed E-state index contributed by atoms with van der Waals surface area (Å²) in [6, 6.07) is 10.9. The standard InChI is InChI=1S/C18H21N3O3/c1-24-15-7-5-13(6-8-15)14-4-2-3-11-21(12-14)18(23)16-9-10-17(22)20-19-16/h5-10,14H,2-4,11-12H2,1H3,(H,20,22)/t14-/m0/s1. The number of likely N-dealkylation sites (tertiary alicyclic amines) is 1. The second-order valence-electron chi connectivity index (χ2n) is 6.02. The van der Waals surface area contributed by atoms with Crippen molar-refractivity contribution in [2.75, 3.05) is 20.2 Å². The highest BCUT2D eigenvalue weighted by molar-refractivity contribution is 5.92. The van der Waals surface area contributed by atoms with Crippen molar-refractivity contribution in [2.45, 2.75) is 25.2 Å². The number of hydrogen-bond acceptors (Lipinski definition) is 4. The first-order valence-electron chi connectivity index (χ1n) is 8.16. The summed E-state index contributed by atoms with van der Waals surface area (Å²) in [5, 5.41) is 6.18. The second kappa shape index (κ2) is 7.29. The smallest absolute Gasteiger partial charge is 0.274 e. The average molecular weight is 327 g/mol. The van der Waals surface area contributed by atoms with E-state index in [9.17, 15) is 9.59 Å². The van der Waals surface area contributed by atoms with Gasteiger partial charge in [0.05, 0.1) is 7.11 Å². The van der Waals surface area contributed by atoms with E-state index in [-0.39, 0.29) is 17.2 Å². The van der Waals surface area contributed by atoms with Crippen molar-refractivity contribution in [3.05, 3.63) is 58.0 Å². The molecule has 2 aromatic rings. The van der Waals surface area contributed by atoms with Crippen LogP contribution in [0.4, 0.5) is 0 Å². The highest BCUT2D eigenvalue weighted by Gasteiger charge is 2.24. The number of amides is 1. The summed E-state index contributed by atoms with van der Waals surface area (Å²) in [5.74, 6) is 0.995. The lowest BCUT2D eigenvalue weighted by Crippen LogP contribution is -2.35. The molecule has 0 unspecified atom stereocenters. The minimum absolute atomic E-state index is 0.133. The van der Waals surface area contributed by atoms with Crippen LogP contribution >= 0.6 is 0 Å². The summed E-state index contributed by atoms with van der Waals surface area (Å²) >= 11 is 0. The lowest BCUT2D eigenvalue weighted by atomic mass is 9.94. The Balaban J connectivity index is 1.77. The molecule has 1 aliphatic rings. The fourth-order valence-corrected chi connectivity index (χ4v) is 3.10. The van der Waals surface area contributed by atoms with Crippen LogP contribution in [0.15, 0.2) is 41.2 Å². The molecule has 1 amide bonds. The minimum Gasteiger partial charge on any atom is -0.497 e. The molecule has 1 aliphatic heterocycles. The maximum Gasteiger partial charge on any atom is 0.274 e. The third-order valence-electron chi connectivity index (χ3n) is 4.44. The fraction of sp³-hybridized carbons (Fsp3) is 0.389. The predicted molar refractivity (Wildman–Crippen MR) is 90.3 cm³/mol. The van der Waals surface area contributed by atoms with Crippen molar-refractivity contribution in [1.82, 2.24) is 15.1 Å². The Hall–Kier alpha value is -2.63. The van der Waals surface area contributed by atoms with E-state index >= 15 is 0 Å². The van der Waals surface area contributed by atoms with Gasteiger partial charge in [0, 0.05) is 25.1 Å². The highest BCUT2D eigenvalue weighted by atomic mass is 16.5. The lowest BCUT2D eigenvalue weighted by Gasteiger charge is -2.24.